The molecule has 1 heterocycles. The van der Waals surface area contributed by atoms with Crippen molar-refractivity contribution in [2.45, 2.75) is 64.5 Å². The van der Waals surface area contributed by atoms with Crippen LogP contribution in [0.15, 0.2) is 42.5 Å². The van der Waals surface area contributed by atoms with Crippen molar-refractivity contribution in [2.75, 3.05) is 51.0 Å². The Hall–Kier alpha value is -3.30. The molecule has 2 aromatic carbocycles. The molecule has 0 radical (unpaired) electrons. The van der Waals surface area contributed by atoms with Crippen molar-refractivity contribution in [1.29, 1.82) is 0 Å². The number of urea groups is 1. The number of methoxy groups -OCH3 is 1. The van der Waals surface area contributed by atoms with Gasteiger partial charge in [0.2, 0.25) is 5.91 Å². The highest BCUT2D eigenvalue weighted by Crippen LogP contribution is 2.30. The van der Waals surface area contributed by atoms with Gasteiger partial charge in [0.15, 0.2) is 0 Å². The smallest absolute Gasteiger partial charge is 0.323 e. The molecule has 3 amide bonds. The predicted molar refractivity (Wildman–Crippen MR) is 162 cm³/mol. The monoisotopic (exact) mass is 566 g/mol. The zero-order valence-electron chi connectivity index (χ0n) is 24.9. The lowest BCUT2D eigenvalue weighted by atomic mass is 9.89. The largest absolute Gasteiger partial charge is 0.497 e. The molecule has 0 saturated heterocycles. The summed E-state index contributed by atoms with van der Waals surface area (Å²) in [5.41, 5.74) is 1.90. The molecule has 0 unspecified atom stereocenters. The Kier molecular flexibility index (Phi) is 10.9. The van der Waals surface area contributed by atoms with Crippen molar-refractivity contribution in [3.8, 4) is 11.5 Å². The Morgan fingerprint density at radius 1 is 1.10 bits per heavy atom. The van der Waals surface area contributed by atoms with Gasteiger partial charge in [0, 0.05) is 42.5 Å². The van der Waals surface area contributed by atoms with Crippen LogP contribution in [0.5, 0.6) is 11.5 Å². The van der Waals surface area contributed by atoms with Gasteiger partial charge < -0.3 is 35.0 Å². The molecule has 4 rings (SSSR count). The normalized spacial score (nSPS) is 20.7. The summed E-state index contributed by atoms with van der Waals surface area (Å²) in [6, 6.07) is 11.8. The molecule has 224 valence electrons. The highest BCUT2D eigenvalue weighted by atomic mass is 16.5. The summed E-state index contributed by atoms with van der Waals surface area (Å²) in [6.45, 7) is 6.18. The standard InChI is InChI=1S/C32H46N4O5/c1-22-18-36(23(2)21-37)31(38)17-25-16-27(34-32(39)33-26-10-13-28(40-4)14-11-26)12-15-29(25)41-30(22)20-35(3)19-24-8-6-5-7-9-24/h10-16,22-24,30,37H,5-9,17-21H2,1-4H3,(H2,33,34,39)/t22-,23+,30-/m0/s1. The average Bonchev–Trinajstić information content (AvgIpc) is 3.01. The molecule has 0 aromatic heterocycles. The van der Waals surface area contributed by atoms with E-state index < -0.39 is 6.03 Å². The van der Waals surface area contributed by atoms with E-state index in [1.54, 1.807) is 48.4 Å². The number of fused-ring (bicyclic) bond motifs is 1. The van der Waals surface area contributed by atoms with Crippen LogP contribution in [0.4, 0.5) is 16.2 Å². The summed E-state index contributed by atoms with van der Waals surface area (Å²) in [7, 11) is 3.75. The van der Waals surface area contributed by atoms with Crippen LogP contribution in [0.2, 0.25) is 0 Å². The molecule has 9 nitrogen and oxygen atoms in total. The number of likely N-dealkylation sites (N-methyl/N-ethyl adjacent to an activating group) is 1. The van der Waals surface area contributed by atoms with Crippen molar-refractivity contribution in [1.82, 2.24) is 9.80 Å². The lowest BCUT2D eigenvalue weighted by Gasteiger charge is -2.35. The molecule has 41 heavy (non-hydrogen) atoms. The second-order valence-electron chi connectivity index (χ2n) is 11.7. The number of amides is 3. The molecule has 1 saturated carbocycles. The molecule has 3 N–H and O–H groups in total. The minimum Gasteiger partial charge on any atom is -0.497 e. The zero-order valence-corrected chi connectivity index (χ0v) is 24.9. The van der Waals surface area contributed by atoms with Gasteiger partial charge in [-0.05, 0) is 75.2 Å². The number of hydrogen-bond acceptors (Lipinski definition) is 6. The first kappa shape index (κ1) is 30.7. The lowest BCUT2D eigenvalue weighted by molar-refractivity contribution is -0.134. The zero-order chi connectivity index (χ0) is 29.4. The number of carbonyl (C=O) groups excluding carboxylic acids is 2. The Labute approximate surface area is 244 Å². The topological polar surface area (TPSA) is 103 Å². The Bertz CT molecular complexity index is 1150. The molecule has 0 bridgehead atoms. The van der Waals surface area contributed by atoms with Gasteiger partial charge in [-0.2, -0.15) is 0 Å². The lowest BCUT2D eigenvalue weighted by Crippen LogP contribution is -2.48. The van der Waals surface area contributed by atoms with Crippen molar-refractivity contribution >= 4 is 23.3 Å². The van der Waals surface area contributed by atoms with E-state index >= 15 is 0 Å². The van der Waals surface area contributed by atoms with Gasteiger partial charge in [-0.1, -0.05) is 26.2 Å². The molecule has 2 aromatic rings. The molecule has 3 atom stereocenters. The first-order valence-corrected chi connectivity index (χ1v) is 14.9. The van der Waals surface area contributed by atoms with E-state index in [4.69, 9.17) is 9.47 Å². The molecule has 0 spiro atoms. The van der Waals surface area contributed by atoms with Crippen LogP contribution in [0, 0.1) is 11.8 Å². The minimum atomic E-state index is -0.392. The van der Waals surface area contributed by atoms with Crippen molar-refractivity contribution < 1.29 is 24.2 Å². The Balaban J connectivity index is 1.52. The van der Waals surface area contributed by atoms with Gasteiger partial charge in [0.25, 0.3) is 0 Å². The fourth-order valence-corrected chi connectivity index (χ4v) is 5.89. The molecule has 1 aliphatic carbocycles. The Morgan fingerprint density at radius 3 is 2.46 bits per heavy atom. The van der Waals surface area contributed by atoms with Crippen LogP contribution < -0.4 is 20.1 Å². The first-order chi connectivity index (χ1) is 19.7. The number of carbonyl (C=O) groups is 2. The number of anilines is 2. The highest BCUT2D eigenvalue weighted by Gasteiger charge is 2.31. The van der Waals surface area contributed by atoms with E-state index in [2.05, 4.69) is 29.5 Å². The van der Waals surface area contributed by atoms with Crippen LogP contribution in [-0.4, -0.2) is 79.4 Å². The molecule has 1 fully saturated rings. The van der Waals surface area contributed by atoms with Gasteiger partial charge in [0.05, 0.1) is 26.2 Å². The van der Waals surface area contributed by atoms with Gasteiger partial charge in [0.1, 0.15) is 17.6 Å². The molecular formula is C32H46N4O5. The van der Waals surface area contributed by atoms with Crippen LogP contribution >= 0.6 is 0 Å². The minimum absolute atomic E-state index is 0.0563. The van der Waals surface area contributed by atoms with E-state index in [0.29, 0.717) is 35.0 Å². The summed E-state index contributed by atoms with van der Waals surface area (Å²) in [4.78, 5) is 30.3. The van der Waals surface area contributed by atoms with Crippen molar-refractivity contribution in [2.24, 2.45) is 11.8 Å². The predicted octanol–water partition coefficient (Wildman–Crippen LogP) is 5.00. The number of rotatable bonds is 9. The maximum atomic E-state index is 13.5. The fraction of sp³-hybridized carbons (Fsp3) is 0.562. The second kappa shape index (κ2) is 14.5. The van der Waals surface area contributed by atoms with Crippen molar-refractivity contribution in [3.05, 3.63) is 48.0 Å². The Morgan fingerprint density at radius 2 is 1.78 bits per heavy atom. The molecular weight excluding hydrogens is 520 g/mol. The van der Waals surface area contributed by atoms with Gasteiger partial charge in [-0.25, -0.2) is 4.79 Å². The highest BCUT2D eigenvalue weighted by molar-refractivity contribution is 6.00. The number of ether oxygens (including phenoxy) is 2. The van der Waals surface area contributed by atoms with Crippen molar-refractivity contribution in [3.63, 3.8) is 0 Å². The SMILES string of the molecule is COc1ccc(NC(=O)Nc2ccc3c(c2)CC(=O)N([C@H](C)CO)C[C@H](C)[C@H](CN(C)CC2CCCCC2)O3)cc1. The third-order valence-corrected chi connectivity index (χ3v) is 8.31. The van der Waals surface area contributed by atoms with Crippen LogP contribution in [0.1, 0.15) is 51.5 Å². The van der Waals surface area contributed by atoms with Crippen LogP contribution in [-0.2, 0) is 11.2 Å². The van der Waals surface area contributed by atoms with Gasteiger partial charge >= 0.3 is 6.03 Å². The molecule has 2 aliphatic rings. The summed E-state index contributed by atoms with van der Waals surface area (Å²) >= 11 is 0. The second-order valence-corrected chi connectivity index (χ2v) is 11.7. The summed E-state index contributed by atoms with van der Waals surface area (Å²) < 4.78 is 11.8. The molecule has 9 heteroatoms. The maximum absolute atomic E-state index is 13.5. The van der Waals surface area contributed by atoms with E-state index in [9.17, 15) is 14.7 Å². The van der Waals surface area contributed by atoms with E-state index in [0.717, 1.165) is 19.0 Å². The van der Waals surface area contributed by atoms with Gasteiger partial charge in [-0.3, -0.25) is 4.79 Å². The number of nitrogens with zero attached hydrogens (tertiary/aromatic N) is 2. The van der Waals surface area contributed by atoms with E-state index in [1.165, 1.54) is 32.1 Å². The number of hydrogen-bond donors (Lipinski definition) is 3. The first-order valence-electron chi connectivity index (χ1n) is 14.9. The van der Waals surface area contributed by atoms with Crippen LogP contribution in [0.3, 0.4) is 0 Å². The van der Waals surface area contributed by atoms with Crippen LogP contribution in [0.25, 0.3) is 0 Å². The third-order valence-electron chi connectivity index (χ3n) is 8.31. The average molecular weight is 567 g/mol. The number of aliphatic hydroxyl groups is 1. The number of aliphatic hydroxyl groups excluding tert-OH is 1. The quantitative estimate of drug-likeness (QED) is 0.395. The van der Waals surface area contributed by atoms with E-state index in [1.807, 2.05) is 13.0 Å². The summed E-state index contributed by atoms with van der Waals surface area (Å²) in [5, 5.41) is 15.6. The van der Waals surface area contributed by atoms with E-state index in [-0.39, 0.29) is 37.0 Å². The van der Waals surface area contributed by atoms with Gasteiger partial charge in [-0.15, -0.1) is 0 Å². The molecule has 1 aliphatic heterocycles. The number of nitrogens with one attached hydrogen (secondary N) is 2. The summed E-state index contributed by atoms with van der Waals surface area (Å²) in [5.74, 6) is 2.06. The summed E-state index contributed by atoms with van der Waals surface area (Å²) in [6.07, 6.45) is 6.51. The fourth-order valence-electron chi connectivity index (χ4n) is 5.89. The maximum Gasteiger partial charge on any atom is 0.323 e. The third kappa shape index (κ3) is 8.60. The number of benzene rings is 2.